The summed E-state index contributed by atoms with van der Waals surface area (Å²) in [5.41, 5.74) is 5.99. The number of nitrogens with zero attached hydrogens (tertiary/aromatic N) is 4. The number of anilines is 1. The molecule has 0 aliphatic heterocycles. The van der Waals surface area contributed by atoms with Crippen LogP contribution in [0, 0.1) is 0 Å². The standard InChI is InChI=1S/C15H14N6O4/c1-21-6-9(12(20-21)13(16)22)18-14(23)10-7-25-15(19-10)8-3-4-11(24-2)17-5-8/h3-7H,1-2H3,(H2,16,22)(H,18,23). The fraction of sp³-hybridized carbons (Fsp3) is 0.133. The number of hydrogen-bond acceptors (Lipinski definition) is 7. The molecule has 10 nitrogen and oxygen atoms in total. The van der Waals surface area contributed by atoms with Crippen LogP contribution >= 0.6 is 0 Å². The number of methoxy groups -OCH3 is 1. The lowest BCUT2D eigenvalue weighted by Crippen LogP contribution is -2.18. The number of rotatable bonds is 5. The van der Waals surface area contributed by atoms with Gasteiger partial charge in [-0.3, -0.25) is 14.3 Å². The van der Waals surface area contributed by atoms with Gasteiger partial charge < -0.3 is 20.2 Å². The van der Waals surface area contributed by atoms with Crippen LogP contribution in [0.3, 0.4) is 0 Å². The van der Waals surface area contributed by atoms with Gasteiger partial charge in [0.25, 0.3) is 11.8 Å². The van der Waals surface area contributed by atoms with E-state index in [1.54, 1.807) is 19.2 Å². The van der Waals surface area contributed by atoms with Gasteiger partial charge in [0.15, 0.2) is 11.4 Å². The first-order valence-electron chi connectivity index (χ1n) is 7.08. The number of aryl methyl sites for hydroxylation is 1. The van der Waals surface area contributed by atoms with E-state index in [-0.39, 0.29) is 23.0 Å². The van der Waals surface area contributed by atoms with Gasteiger partial charge in [0.05, 0.1) is 18.4 Å². The van der Waals surface area contributed by atoms with Gasteiger partial charge in [0.1, 0.15) is 6.26 Å². The number of ether oxygens (including phenoxy) is 1. The molecule has 0 saturated carbocycles. The number of oxazole rings is 1. The van der Waals surface area contributed by atoms with Crippen LogP contribution in [0.25, 0.3) is 11.5 Å². The highest BCUT2D eigenvalue weighted by atomic mass is 16.5. The van der Waals surface area contributed by atoms with E-state index in [2.05, 4.69) is 20.4 Å². The summed E-state index contributed by atoms with van der Waals surface area (Å²) in [7, 11) is 3.11. The van der Waals surface area contributed by atoms with Gasteiger partial charge in [-0.05, 0) is 6.07 Å². The van der Waals surface area contributed by atoms with Crippen molar-refractivity contribution in [2.75, 3.05) is 12.4 Å². The molecule has 0 radical (unpaired) electrons. The molecule has 3 N–H and O–H groups in total. The summed E-state index contributed by atoms with van der Waals surface area (Å²) in [6.07, 6.45) is 4.18. The Balaban J connectivity index is 1.80. The van der Waals surface area contributed by atoms with Gasteiger partial charge in [-0.15, -0.1) is 0 Å². The Morgan fingerprint density at radius 2 is 2.16 bits per heavy atom. The first kappa shape index (κ1) is 16.2. The maximum atomic E-state index is 12.3. The van der Waals surface area contributed by atoms with Crippen LogP contribution in [-0.2, 0) is 7.05 Å². The quantitative estimate of drug-likeness (QED) is 0.700. The van der Waals surface area contributed by atoms with E-state index in [0.717, 1.165) is 0 Å². The fourth-order valence-electron chi connectivity index (χ4n) is 2.09. The lowest BCUT2D eigenvalue weighted by atomic mass is 10.3. The molecule has 25 heavy (non-hydrogen) atoms. The van der Waals surface area contributed by atoms with Crippen LogP contribution in [0.1, 0.15) is 21.0 Å². The molecule has 3 aromatic heterocycles. The average molecular weight is 342 g/mol. The fourth-order valence-corrected chi connectivity index (χ4v) is 2.09. The van der Waals surface area contributed by atoms with E-state index in [9.17, 15) is 9.59 Å². The van der Waals surface area contributed by atoms with E-state index >= 15 is 0 Å². The molecular weight excluding hydrogens is 328 g/mol. The van der Waals surface area contributed by atoms with E-state index in [1.165, 1.54) is 30.4 Å². The Labute approximate surface area is 141 Å². The summed E-state index contributed by atoms with van der Waals surface area (Å²) in [6, 6.07) is 3.35. The van der Waals surface area contributed by atoms with Gasteiger partial charge in [-0.25, -0.2) is 9.97 Å². The normalized spacial score (nSPS) is 10.5. The van der Waals surface area contributed by atoms with Crippen LogP contribution in [0.4, 0.5) is 5.69 Å². The number of carbonyl (C=O) groups excluding carboxylic acids is 2. The number of aromatic nitrogens is 4. The van der Waals surface area contributed by atoms with Gasteiger partial charge in [0, 0.05) is 25.5 Å². The molecule has 10 heteroatoms. The lowest BCUT2D eigenvalue weighted by Gasteiger charge is -2.00. The topological polar surface area (TPSA) is 138 Å². The molecule has 0 aliphatic carbocycles. The highest BCUT2D eigenvalue weighted by Gasteiger charge is 2.19. The monoisotopic (exact) mass is 342 g/mol. The average Bonchev–Trinajstić information content (AvgIpc) is 3.22. The van der Waals surface area contributed by atoms with Crippen LogP contribution in [0.2, 0.25) is 0 Å². The van der Waals surface area contributed by atoms with Crippen molar-refractivity contribution < 1.29 is 18.7 Å². The van der Waals surface area contributed by atoms with Crippen LogP contribution < -0.4 is 15.8 Å². The molecule has 3 heterocycles. The zero-order chi connectivity index (χ0) is 18.0. The molecule has 2 amide bonds. The van der Waals surface area contributed by atoms with Crippen molar-refractivity contribution in [2.24, 2.45) is 12.8 Å². The Bertz CT molecular complexity index is 928. The van der Waals surface area contributed by atoms with E-state index in [0.29, 0.717) is 11.4 Å². The van der Waals surface area contributed by atoms with Crippen molar-refractivity contribution in [3.8, 4) is 17.3 Å². The Morgan fingerprint density at radius 1 is 1.36 bits per heavy atom. The lowest BCUT2D eigenvalue weighted by molar-refractivity contribution is 0.0995. The van der Waals surface area contributed by atoms with Gasteiger partial charge in [-0.1, -0.05) is 0 Å². The second kappa shape index (κ2) is 6.43. The summed E-state index contributed by atoms with van der Waals surface area (Å²) in [4.78, 5) is 31.8. The van der Waals surface area contributed by atoms with Crippen molar-refractivity contribution in [1.82, 2.24) is 19.7 Å². The predicted octanol–water partition coefficient (Wildman–Crippen LogP) is 0.830. The van der Waals surface area contributed by atoms with E-state index in [4.69, 9.17) is 14.9 Å². The predicted molar refractivity (Wildman–Crippen MR) is 86.0 cm³/mol. The second-order valence-corrected chi connectivity index (χ2v) is 5.01. The minimum Gasteiger partial charge on any atom is -0.481 e. The third-order valence-electron chi connectivity index (χ3n) is 3.24. The Hall–Kier alpha value is -3.69. The van der Waals surface area contributed by atoms with Crippen LogP contribution in [-0.4, -0.2) is 38.7 Å². The van der Waals surface area contributed by atoms with Crippen molar-refractivity contribution in [3.63, 3.8) is 0 Å². The number of amides is 2. The van der Waals surface area contributed by atoms with Crippen molar-refractivity contribution in [2.45, 2.75) is 0 Å². The highest BCUT2D eigenvalue weighted by Crippen LogP contribution is 2.20. The zero-order valence-electron chi connectivity index (χ0n) is 13.4. The smallest absolute Gasteiger partial charge is 0.277 e. The third-order valence-corrected chi connectivity index (χ3v) is 3.24. The summed E-state index contributed by atoms with van der Waals surface area (Å²) < 4.78 is 11.6. The minimum atomic E-state index is -0.749. The van der Waals surface area contributed by atoms with Crippen LogP contribution in [0.15, 0.2) is 35.2 Å². The number of pyridine rings is 1. The summed E-state index contributed by atoms with van der Waals surface area (Å²) in [5.74, 6) is -0.640. The zero-order valence-corrected chi connectivity index (χ0v) is 13.4. The number of hydrogen-bond donors (Lipinski definition) is 2. The highest BCUT2D eigenvalue weighted by molar-refractivity contribution is 6.07. The number of primary amides is 1. The molecule has 0 fully saturated rings. The molecule has 3 rings (SSSR count). The molecule has 3 aromatic rings. The minimum absolute atomic E-state index is 0.0325. The second-order valence-electron chi connectivity index (χ2n) is 5.01. The van der Waals surface area contributed by atoms with Gasteiger partial charge in [0.2, 0.25) is 11.8 Å². The SMILES string of the molecule is COc1ccc(-c2nc(C(=O)Nc3cn(C)nc3C(N)=O)co2)cn1. The van der Waals surface area contributed by atoms with Gasteiger partial charge in [-0.2, -0.15) is 5.10 Å². The summed E-state index contributed by atoms with van der Waals surface area (Å²) in [5, 5.41) is 6.42. The molecule has 0 spiro atoms. The van der Waals surface area contributed by atoms with Crippen molar-refractivity contribution in [1.29, 1.82) is 0 Å². The molecule has 0 aliphatic rings. The Morgan fingerprint density at radius 3 is 2.80 bits per heavy atom. The molecular formula is C15H14N6O4. The number of nitrogens with two attached hydrogens (primary N) is 1. The summed E-state index contributed by atoms with van der Waals surface area (Å²) in [6.45, 7) is 0. The third kappa shape index (κ3) is 3.32. The summed E-state index contributed by atoms with van der Waals surface area (Å²) >= 11 is 0. The van der Waals surface area contributed by atoms with Gasteiger partial charge >= 0.3 is 0 Å². The first-order valence-corrected chi connectivity index (χ1v) is 7.08. The van der Waals surface area contributed by atoms with Crippen molar-refractivity contribution >= 4 is 17.5 Å². The number of nitrogens with one attached hydrogen (secondary N) is 1. The molecule has 0 saturated heterocycles. The maximum absolute atomic E-state index is 12.3. The Kier molecular flexibility index (Phi) is 4.16. The first-order chi connectivity index (χ1) is 12.0. The van der Waals surface area contributed by atoms with Crippen LogP contribution in [0.5, 0.6) is 5.88 Å². The molecule has 0 aromatic carbocycles. The van der Waals surface area contributed by atoms with E-state index < -0.39 is 11.8 Å². The molecule has 0 bridgehead atoms. The molecule has 128 valence electrons. The number of carbonyl (C=O) groups is 2. The molecule has 0 unspecified atom stereocenters. The van der Waals surface area contributed by atoms with E-state index in [1.807, 2.05) is 0 Å². The van der Waals surface area contributed by atoms with Crippen molar-refractivity contribution in [3.05, 3.63) is 42.2 Å². The molecule has 0 atom stereocenters. The largest absolute Gasteiger partial charge is 0.481 e. The maximum Gasteiger partial charge on any atom is 0.277 e.